The summed E-state index contributed by atoms with van der Waals surface area (Å²) in [4.78, 5) is 20.5. The third-order valence-electron chi connectivity index (χ3n) is 6.50. The van der Waals surface area contributed by atoms with Gasteiger partial charge in [0, 0.05) is 31.1 Å². The highest BCUT2D eigenvalue weighted by Gasteiger charge is 2.59. The molecular formula is C23H25N3O. The minimum atomic E-state index is -0.558. The highest BCUT2D eigenvalue weighted by atomic mass is 16.2. The minimum absolute atomic E-state index is 0.103. The van der Waals surface area contributed by atoms with Gasteiger partial charge in [-0.25, -0.2) is 0 Å². The van der Waals surface area contributed by atoms with Gasteiger partial charge in [0.25, 0.3) is 5.91 Å². The zero-order chi connectivity index (χ0) is 18.4. The number of hydrogen-bond acceptors (Lipinski definition) is 3. The van der Waals surface area contributed by atoms with Crippen LogP contribution in [-0.4, -0.2) is 35.3 Å². The molecule has 0 bridgehead atoms. The predicted molar refractivity (Wildman–Crippen MR) is 107 cm³/mol. The van der Waals surface area contributed by atoms with Crippen molar-refractivity contribution in [3.05, 3.63) is 71.3 Å². The quantitative estimate of drug-likeness (QED) is 0.915. The van der Waals surface area contributed by atoms with Crippen molar-refractivity contribution in [2.24, 2.45) is 16.8 Å². The molecule has 27 heavy (non-hydrogen) atoms. The first-order valence-corrected chi connectivity index (χ1v) is 9.89. The van der Waals surface area contributed by atoms with Crippen LogP contribution in [0.15, 0.2) is 59.6 Å². The average Bonchev–Trinajstić information content (AvgIpc) is 3.32. The number of rotatable bonds is 3. The van der Waals surface area contributed by atoms with Crippen LogP contribution in [0.3, 0.4) is 0 Å². The van der Waals surface area contributed by atoms with Gasteiger partial charge in [-0.05, 0) is 31.2 Å². The maximum Gasteiger partial charge on any atom is 0.253 e. The zero-order valence-corrected chi connectivity index (χ0v) is 15.7. The summed E-state index contributed by atoms with van der Waals surface area (Å²) < 4.78 is 0. The average molecular weight is 359 g/mol. The molecular weight excluding hydrogens is 334 g/mol. The monoisotopic (exact) mass is 359 g/mol. The Hall–Kier alpha value is -2.46. The van der Waals surface area contributed by atoms with Crippen molar-refractivity contribution in [2.45, 2.75) is 31.8 Å². The molecule has 2 fully saturated rings. The number of amides is 1. The van der Waals surface area contributed by atoms with E-state index in [2.05, 4.69) is 41.4 Å². The van der Waals surface area contributed by atoms with Crippen molar-refractivity contribution < 1.29 is 4.79 Å². The van der Waals surface area contributed by atoms with Crippen LogP contribution in [0.2, 0.25) is 0 Å². The summed E-state index contributed by atoms with van der Waals surface area (Å²) in [7, 11) is 0. The lowest BCUT2D eigenvalue weighted by Gasteiger charge is -2.25. The van der Waals surface area contributed by atoms with Gasteiger partial charge in [-0.3, -0.25) is 14.7 Å². The largest absolute Gasteiger partial charge is 0.308 e. The van der Waals surface area contributed by atoms with Crippen molar-refractivity contribution in [1.82, 2.24) is 10.2 Å². The van der Waals surface area contributed by atoms with E-state index in [0.717, 1.165) is 43.9 Å². The molecule has 2 heterocycles. The van der Waals surface area contributed by atoms with Gasteiger partial charge in [-0.1, -0.05) is 60.2 Å². The van der Waals surface area contributed by atoms with E-state index in [4.69, 9.17) is 4.99 Å². The predicted octanol–water partition coefficient (Wildman–Crippen LogP) is 3.15. The number of carbonyl (C=O) groups excluding carboxylic acids is 1. The van der Waals surface area contributed by atoms with Gasteiger partial charge in [0.2, 0.25) is 0 Å². The van der Waals surface area contributed by atoms with E-state index in [1.165, 1.54) is 11.1 Å². The molecule has 1 amide bonds. The molecule has 0 unspecified atom stereocenters. The Morgan fingerprint density at radius 2 is 2.00 bits per heavy atom. The molecule has 1 aliphatic carbocycles. The second kappa shape index (κ2) is 6.31. The molecule has 4 heteroatoms. The molecule has 4 nitrogen and oxygen atoms in total. The number of fused-ring (bicyclic) bond motifs is 2. The molecule has 3 atom stereocenters. The molecule has 1 N–H and O–H groups in total. The molecule has 2 aliphatic heterocycles. The molecule has 1 spiro atoms. The van der Waals surface area contributed by atoms with E-state index in [-0.39, 0.29) is 5.91 Å². The summed E-state index contributed by atoms with van der Waals surface area (Å²) in [6, 6.07) is 18.7. The molecule has 0 radical (unpaired) electrons. The first kappa shape index (κ1) is 16.7. The zero-order valence-electron chi connectivity index (χ0n) is 15.7. The summed E-state index contributed by atoms with van der Waals surface area (Å²) in [5.74, 6) is 1.74. The van der Waals surface area contributed by atoms with Crippen LogP contribution >= 0.6 is 0 Å². The standard InChI is InChI=1S/C23H25N3O/c1-16-6-5-7-17(12-16)13-26-14-19-10-11-23(20(19)15-26)22(27)24-21(25-23)18-8-3-2-4-9-18/h2-9,12,19-20H,10-11,13-15H2,1H3,(H,24,25,27)/t19-,20+,23-/m1/s1. The number of benzene rings is 2. The van der Waals surface area contributed by atoms with E-state index in [1.807, 2.05) is 30.3 Å². The second-order valence-corrected chi connectivity index (χ2v) is 8.29. The maximum atomic E-state index is 13.0. The smallest absolute Gasteiger partial charge is 0.253 e. The van der Waals surface area contributed by atoms with Gasteiger partial charge in [0.1, 0.15) is 11.4 Å². The Balaban J connectivity index is 1.38. The Bertz CT molecular complexity index is 907. The van der Waals surface area contributed by atoms with Crippen LogP contribution in [0.4, 0.5) is 0 Å². The molecule has 2 aromatic rings. The number of aliphatic imine (C=N–C) groups is 1. The highest BCUT2D eigenvalue weighted by Crippen LogP contribution is 2.49. The van der Waals surface area contributed by atoms with E-state index >= 15 is 0 Å². The fourth-order valence-corrected chi connectivity index (χ4v) is 5.23. The van der Waals surface area contributed by atoms with E-state index < -0.39 is 5.54 Å². The van der Waals surface area contributed by atoms with Crippen LogP contribution in [-0.2, 0) is 11.3 Å². The van der Waals surface area contributed by atoms with Gasteiger partial charge < -0.3 is 5.32 Å². The highest BCUT2D eigenvalue weighted by molar-refractivity contribution is 6.15. The van der Waals surface area contributed by atoms with Gasteiger partial charge >= 0.3 is 0 Å². The van der Waals surface area contributed by atoms with Crippen LogP contribution < -0.4 is 5.32 Å². The summed E-state index contributed by atoms with van der Waals surface area (Å²) in [6.07, 6.45) is 1.97. The SMILES string of the molecule is Cc1cccc(CN2C[C@H]3CC[C@@]4(N=C(c5ccccc5)NC4=O)[C@H]3C2)c1. The number of nitrogens with zero attached hydrogens (tertiary/aromatic N) is 2. The summed E-state index contributed by atoms with van der Waals surface area (Å²) in [5, 5.41) is 3.08. The van der Waals surface area contributed by atoms with E-state index in [9.17, 15) is 4.79 Å². The van der Waals surface area contributed by atoms with Crippen LogP contribution in [0.25, 0.3) is 0 Å². The number of nitrogens with one attached hydrogen (secondary N) is 1. The Morgan fingerprint density at radius 1 is 1.15 bits per heavy atom. The molecule has 3 aliphatic rings. The topological polar surface area (TPSA) is 44.7 Å². The van der Waals surface area contributed by atoms with Crippen molar-refractivity contribution >= 4 is 11.7 Å². The first-order chi connectivity index (χ1) is 13.1. The normalized spacial score (nSPS) is 29.8. The number of hydrogen-bond donors (Lipinski definition) is 1. The lowest BCUT2D eigenvalue weighted by Crippen LogP contribution is -2.44. The molecule has 5 rings (SSSR count). The molecule has 138 valence electrons. The second-order valence-electron chi connectivity index (χ2n) is 8.29. The lowest BCUT2D eigenvalue weighted by molar-refractivity contribution is -0.125. The van der Waals surface area contributed by atoms with E-state index in [0.29, 0.717) is 11.8 Å². The van der Waals surface area contributed by atoms with Gasteiger partial charge in [0.05, 0.1) is 0 Å². The Labute approximate surface area is 160 Å². The number of likely N-dealkylation sites (tertiary alicyclic amines) is 1. The third kappa shape index (κ3) is 2.79. The minimum Gasteiger partial charge on any atom is -0.308 e. The molecule has 2 aromatic carbocycles. The lowest BCUT2D eigenvalue weighted by atomic mass is 9.85. The Morgan fingerprint density at radius 3 is 2.81 bits per heavy atom. The van der Waals surface area contributed by atoms with Gasteiger partial charge in [0.15, 0.2) is 0 Å². The van der Waals surface area contributed by atoms with E-state index in [1.54, 1.807) is 0 Å². The van der Waals surface area contributed by atoms with Crippen molar-refractivity contribution in [2.75, 3.05) is 13.1 Å². The number of aryl methyl sites for hydroxylation is 1. The number of carbonyl (C=O) groups is 1. The van der Waals surface area contributed by atoms with Crippen molar-refractivity contribution in [1.29, 1.82) is 0 Å². The van der Waals surface area contributed by atoms with Crippen LogP contribution in [0.1, 0.15) is 29.5 Å². The first-order valence-electron chi connectivity index (χ1n) is 9.89. The molecule has 0 aromatic heterocycles. The van der Waals surface area contributed by atoms with Gasteiger partial charge in [-0.2, -0.15) is 0 Å². The molecule has 1 saturated heterocycles. The van der Waals surface area contributed by atoms with Crippen molar-refractivity contribution in [3.63, 3.8) is 0 Å². The number of amidine groups is 1. The molecule has 1 saturated carbocycles. The summed E-state index contributed by atoms with van der Waals surface area (Å²) in [6.45, 7) is 5.13. The Kier molecular flexibility index (Phi) is 3.90. The maximum absolute atomic E-state index is 13.0. The summed E-state index contributed by atoms with van der Waals surface area (Å²) >= 11 is 0. The van der Waals surface area contributed by atoms with Crippen LogP contribution in [0.5, 0.6) is 0 Å². The van der Waals surface area contributed by atoms with Crippen LogP contribution in [0, 0.1) is 18.8 Å². The summed E-state index contributed by atoms with van der Waals surface area (Å²) in [5.41, 5.74) is 3.10. The van der Waals surface area contributed by atoms with Crippen molar-refractivity contribution in [3.8, 4) is 0 Å². The fourth-order valence-electron chi connectivity index (χ4n) is 5.23. The third-order valence-corrected chi connectivity index (χ3v) is 6.50. The fraction of sp³-hybridized carbons (Fsp3) is 0.391. The van der Waals surface area contributed by atoms with Gasteiger partial charge in [-0.15, -0.1) is 0 Å².